The van der Waals surface area contributed by atoms with Gasteiger partial charge in [0.05, 0.1) is 12.6 Å². The Hall–Kier alpha value is -1.38. The molecule has 0 aliphatic heterocycles. The lowest BCUT2D eigenvalue weighted by molar-refractivity contribution is 0.285. The lowest BCUT2D eigenvalue weighted by Gasteiger charge is -2.26. The molecule has 0 amide bonds. The second-order valence-electron chi connectivity index (χ2n) is 6.04. The van der Waals surface area contributed by atoms with E-state index in [1.165, 1.54) is 0 Å². The molecule has 0 aliphatic rings. The highest BCUT2D eigenvalue weighted by atomic mass is 15.1. The van der Waals surface area contributed by atoms with Gasteiger partial charge < -0.3 is 4.57 Å². The summed E-state index contributed by atoms with van der Waals surface area (Å²) in [6.07, 6.45) is 5.63. The van der Waals surface area contributed by atoms with Crippen molar-refractivity contribution in [1.29, 1.82) is 5.26 Å². The van der Waals surface area contributed by atoms with Crippen LogP contribution in [0.15, 0.2) is 12.4 Å². The van der Waals surface area contributed by atoms with Crippen molar-refractivity contribution in [3.8, 4) is 6.07 Å². The number of aromatic nitrogens is 2. The van der Waals surface area contributed by atoms with Crippen LogP contribution in [0.2, 0.25) is 0 Å². The summed E-state index contributed by atoms with van der Waals surface area (Å²) < 4.78 is 2.04. The SMILES string of the molecule is CC(C)NC(C)(C#N)CCCN(C)Cc1nccn1C. The molecule has 0 aromatic carbocycles. The summed E-state index contributed by atoms with van der Waals surface area (Å²) in [5, 5.41) is 12.6. The zero-order chi connectivity index (χ0) is 15.2. The van der Waals surface area contributed by atoms with Gasteiger partial charge >= 0.3 is 0 Å². The van der Waals surface area contributed by atoms with Gasteiger partial charge in [-0.05, 0) is 47.2 Å². The van der Waals surface area contributed by atoms with Crippen molar-refractivity contribution in [3.63, 3.8) is 0 Å². The van der Waals surface area contributed by atoms with Gasteiger partial charge in [0, 0.05) is 25.5 Å². The van der Waals surface area contributed by atoms with Crippen molar-refractivity contribution in [2.24, 2.45) is 7.05 Å². The van der Waals surface area contributed by atoms with E-state index in [1.54, 1.807) is 0 Å². The van der Waals surface area contributed by atoms with Crippen LogP contribution in [0.3, 0.4) is 0 Å². The third kappa shape index (κ3) is 5.32. The Kier molecular flexibility index (Phi) is 6.18. The van der Waals surface area contributed by atoms with Crippen LogP contribution in [0.4, 0.5) is 0 Å². The molecule has 1 atom stereocenters. The van der Waals surface area contributed by atoms with Crippen molar-refractivity contribution < 1.29 is 0 Å². The largest absolute Gasteiger partial charge is 0.337 e. The Morgan fingerprint density at radius 2 is 2.25 bits per heavy atom. The number of nitrogens with one attached hydrogen (secondary N) is 1. The Balaban J connectivity index is 2.36. The predicted molar refractivity (Wildman–Crippen MR) is 81.1 cm³/mol. The first-order valence-corrected chi connectivity index (χ1v) is 7.20. The van der Waals surface area contributed by atoms with E-state index in [-0.39, 0.29) is 0 Å². The smallest absolute Gasteiger partial charge is 0.122 e. The highest BCUT2D eigenvalue weighted by Crippen LogP contribution is 2.13. The number of nitriles is 1. The zero-order valence-electron chi connectivity index (χ0n) is 13.3. The number of rotatable bonds is 8. The number of nitrogens with zero attached hydrogens (tertiary/aromatic N) is 4. The van der Waals surface area contributed by atoms with Crippen molar-refractivity contribution in [2.75, 3.05) is 13.6 Å². The van der Waals surface area contributed by atoms with Crippen LogP contribution in [0, 0.1) is 11.3 Å². The first-order chi connectivity index (χ1) is 9.36. The standard InChI is InChI=1S/C15H27N5/c1-13(2)18-15(3,12-16)7-6-9-19(4)11-14-17-8-10-20(14)5/h8,10,13,18H,6-7,9,11H2,1-5H3. The van der Waals surface area contributed by atoms with Crippen LogP contribution in [-0.4, -0.2) is 39.6 Å². The van der Waals surface area contributed by atoms with Crippen molar-refractivity contribution >= 4 is 0 Å². The van der Waals surface area contributed by atoms with Gasteiger partial charge in [-0.3, -0.25) is 10.2 Å². The van der Waals surface area contributed by atoms with Crippen LogP contribution in [0.5, 0.6) is 0 Å². The molecule has 5 heteroatoms. The molecular weight excluding hydrogens is 250 g/mol. The molecule has 1 aromatic heterocycles. The molecule has 0 aliphatic carbocycles. The van der Waals surface area contributed by atoms with E-state index in [4.69, 9.17) is 0 Å². The summed E-state index contributed by atoms with van der Waals surface area (Å²) in [6.45, 7) is 7.92. The van der Waals surface area contributed by atoms with Gasteiger partial charge in [0.1, 0.15) is 11.4 Å². The Labute approximate surface area is 122 Å². The van der Waals surface area contributed by atoms with Crippen LogP contribution in [0.25, 0.3) is 0 Å². The van der Waals surface area contributed by atoms with Gasteiger partial charge in [0.15, 0.2) is 0 Å². The van der Waals surface area contributed by atoms with Crippen molar-refractivity contribution in [1.82, 2.24) is 19.8 Å². The van der Waals surface area contributed by atoms with E-state index in [0.29, 0.717) is 6.04 Å². The van der Waals surface area contributed by atoms with E-state index < -0.39 is 5.54 Å². The van der Waals surface area contributed by atoms with E-state index in [2.05, 4.69) is 42.2 Å². The minimum atomic E-state index is -0.432. The van der Waals surface area contributed by atoms with E-state index in [1.807, 2.05) is 30.9 Å². The molecule has 0 bridgehead atoms. The highest BCUT2D eigenvalue weighted by molar-refractivity contribution is 5.04. The van der Waals surface area contributed by atoms with Gasteiger partial charge in [0.2, 0.25) is 0 Å². The van der Waals surface area contributed by atoms with Crippen LogP contribution >= 0.6 is 0 Å². The summed E-state index contributed by atoms with van der Waals surface area (Å²) in [5.41, 5.74) is -0.432. The maximum absolute atomic E-state index is 9.30. The molecule has 1 heterocycles. The molecule has 1 unspecified atom stereocenters. The van der Waals surface area contributed by atoms with Crippen LogP contribution in [-0.2, 0) is 13.6 Å². The summed E-state index contributed by atoms with van der Waals surface area (Å²) in [5.74, 6) is 1.07. The predicted octanol–water partition coefficient (Wildman–Crippen LogP) is 1.91. The average Bonchev–Trinajstić information content (AvgIpc) is 2.74. The third-order valence-corrected chi connectivity index (χ3v) is 3.40. The van der Waals surface area contributed by atoms with Gasteiger partial charge in [-0.2, -0.15) is 5.26 Å². The first-order valence-electron chi connectivity index (χ1n) is 7.20. The lowest BCUT2D eigenvalue weighted by Crippen LogP contribution is -2.45. The van der Waals surface area contributed by atoms with Crippen LogP contribution in [0.1, 0.15) is 39.4 Å². The summed E-state index contributed by atoms with van der Waals surface area (Å²) in [6, 6.07) is 2.72. The molecule has 0 spiro atoms. The Morgan fingerprint density at radius 1 is 1.55 bits per heavy atom. The molecular formula is C15H27N5. The monoisotopic (exact) mass is 277 g/mol. The number of aryl methyl sites for hydroxylation is 1. The van der Waals surface area contributed by atoms with E-state index in [9.17, 15) is 5.26 Å². The topological polar surface area (TPSA) is 56.9 Å². The van der Waals surface area contributed by atoms with Gasteiger partial charge in [-0.15, -0.1) is 0 Å². The molecule has 5 nitrogen and oxygen atoms in total. The number of imidazole rings is 1. The minimum absolute atomic E-state index is 0.324. The van der Waals surface area contributed by atoms with Gasteiger partial charge in [-0.25, -0.2) is 4.98 Å². The second-order valence-corrected chi connectivity index (χ2v) is 6.04. The minimum Gasteiger partial charge on any atom is -0.337 e. The summed E-state index contributed by atoms with van der Waals surface area (Å²) in [7, 11) is 4.10. The second kappa shape index (κ2) is 7.41. The quantitative estimate of drug-likeness (QED) is 0.788. The average molecular weight is 277 g/mol. The molecule has 20 heavy (non-hydrogen) atoms. The number of hydrogen-bond donors (Lipinski definition) is 1. The van der Waals surface area contributed by atoms with Crippen molar-refractivity contribution in [3.05, 3.63) is 18.2 Å². The maximum Gasteiger partial charge on any atom is 0.122 e. The fourth-order valence-corrected chi connectivity index (χ4v) is 2.37. The molecule has 112 valence electrons. The summed E-state index contributed by atoms with van der Waals surface area (Å²) in [4.78, 5) is 6.57. The molecule has 1 aromatic rings. The Bertz CT molecular complexity index is 445. The van der Waals surface area contributed by atoms with Crippen LogP contribution < -0.4 is 5.32 Å². The van der Waals surface area contributed by atoms with E-state index in [0.717, 1.165) is 31.8 Å². The zero-order valence-corrected chi connectivity index (χ0v) is 13.3. The normalized spacial score (nSPS) is 14.5. The molecule has 1 rings (SSSR count). The molecule has 0 fully saturated rings. The fraction of sp³-hybridized carbons (Fsp3) is 0.733. The summed E-state index contributed by atoms with van der Waals surface area (Å²) >= 11 is 0. The molecule has 0 saturated carbocycles. The highest BCUT2D eigenvalue weighted by Gasteiger charge is 2.23. The fourth-order valence-electron chi connectivity index (χ4n) is 2.37. The maximum atomic E-state index is 9.30. The van der Waals surface area contributed by atoms with Crippen molar-refractivity contribution in [2.45, 2.75) is 51.7 Å². The van der Waals surface area contributed by atoms with Gasteiger partial charge in [0.25, 0.3) is 0 Å². The first kappa shape index (κ1) is 16.7. The number of hydrogen-bond acceptors (Lipinski definition) is 4. The van der Waals surface area contributed by atoms with Gasteiger partial charge in [-0.1, -0.05) is 0 Å². The molecule has 0 saturated heterocycles. The Morgan fingerprint density at radius 3 is 2.75 bits per heavy atom. The molecule has 0 radical (unpaired) electrons. The molecule has 1 N–H and O–H groups in total. The third-order valence-electron chi connectivity index (χ3n) is 3.40. The van der Waals surface area contributed by atoms with E-state index >= 15 is 0 Å². The lowest BCUT2D eigenvalue weighted by atomic mass is 9.96.